The van der Waals surface area contributed by atoms with Crippen LogP contribution in [0.3, 0.4) is 0 Å². The summed E-state index contributed by atoms with van der Waals surface area (Å²) in [6.07, 6.45) is 0. The first-order valence-corrected chi connectivity index (χ1v) is 5.98. The first kappa shape index (κ1) is 12.0. The molecular weight excluding hydrogens is 256 g/mol. The number of benzene rings is 2. The predicted molar refractivity (Wildman–Crippen MR) is 73.4 cm³/mol. The Kier molecular flexibility index (Phi) is 2.96. The summed E-state index contributed by atoms with van der Waals surface area (Å²) in [7, 11) is 0. The van der Waals surface area contributed by atoms with Gasteiger partial charge in [-0.2, -0.15) is 4.68 Å². The fourth-order valence-corrected chi connectivity index (χ4v) is 1.99. The van der Waals surface area contributed by atoms with Gasteiger partial charge in [0.1, 0.15) is 5.10 Å². The van der Waals surface area contributed by atoms with Crippen LogP contribution < -0.4 is 0 Å². The SMILES string of the molecule is O=[N+]([O-])c1nnn(-c2ccccc2)c1-c1ccccc1. The lowest BCUT2D eigenvalue weighted by Gasteiger charge is -2.04. The van der Waals surface area contributed by atoms with E-state index in [2.05, 4.69) is 10.3 Å². The van der Waals surface area contributed by atoms with Gasteiger partial charge in [-0.25, -0.2) is 0 Å². The fourth-order valence-electron chi connectivity index (χ4n) is 1.99. The van der Waals surface area contributed by atoms with Gasteiger partial charge >= 0.3 is 5.82 Å². The number of nitrogens with zero attached hydrogens (tertiary/aromatic N) is 4. The zero-order valence-electron chi connectivity index (χ0n) is 10.4. The van der Waals surface area contributed by atoms with Crippen LogP contribution in [0.4, 0.5) is 5.82 Å². The van der Waals surface area contributed by atoms with Crippen molar-refractivity contribution in [3.8, 4) is 16.9 Å². The van der Waals surface area contributed by atoms with E-state index in [9.17, 15) is 10.1 Å². The zero-order valence-corrected chi connectivity index (χ0v) is 10.4. The van der Waals surface area contributed by atoms with Crippen molar-refractivity contribution in [3.05, 3.63) is 70.8 Å². The van der Waals surface area contributed by atoms with Gasteiger partial charge in [-0.15, -0.1) is 0 Å². The first-order chi connectivity index (χ1) is 9.77. The third kappa shape index (κ3) is 2.03. The van der Waals surface area contributed by atoms with Crippen LogP contribution in [0, 0.1) is 10.1 Å². The van der Waals surface area contributed by atoms with E-state index in [1.807, 2.05) is 48.5 Å². The van der Waals surface area contributed by atoms with E-state index >= 15 is 0 Å². The molecule has 0 N–H and O–H groups in total. The second kappa shape index (κ2) is 4.93. The molecule has 0 unspecified atom stereocenters. The standard InChI is InChI=1S/C14H10N4O2/c19-18(20)14-13(11-7-3-1-4-8-11)17(16-15-14)12-9-5-2-6-10-12/h1-10H. The largest absolute Gasteiger partial charge is 0.419 e. The molecule has 1 aromatic heterocycles. The topological polar surface area (TPSA) is 73.8 Å². The van der Waals surface area contributed by atoms with Gasteiger partial charge in [-0.05, 0) is 17.1 Å². The number of nitro groups is 1. The van der Waals surface area contributed by atoms with E-state index in [1.54, 1.807) is 12.1 Å². The second-order valence-electron chi connectivity index (χ2n) is 4.13. The average Bonchev–Trinajstić information content (AvgIpc) is 2.94. The van der Waals surface area contributed by atoms with E-state index in [-0.39, 0.29) is 5.82 Å². The molecular formula is C14H10N4O2. The van der Waals surface area contributed by atoms with Crippen LogP contribution in [-0.4, -0.2) is 19.9 Å². The smallest absolute Gasteiger partial charge is 0.358 e. The highest BCUT2D eigenvalue weighted by Gasteiger charge is 2.25. The summed E-state index contributed by atoms with van der Waals surface area (Å²) in [5, 5.41) is 18.7. The summed E-state index contributed by atoms with van der Waals surface area (Å²) in [6, 6.07) is 18.3. The highest BCUT2D eigenvalue weighted by molar-refractivity contribution is 5.69. The highest BCUT2D eigenvalue weighted by Crippen LogP contribution is 2.29. The number of aromatic nitrogens is 3. The molecule has 0 atom stereocenters. The van der Waals surface area contributed by atoms with Crippen LogP contribution in [0.25, 0.3) is 16.9 Å². The van der Waals surface area contributed by atoms with Crippen molar-refractivity contribution in [2.75, 3.05) is 0 Å². The van der Waals surface area contributed by atoms with Crippen molar-refractivity contribution in [1.29, 1.82) is 0 Å². The van der Waals surface area contributed by atoms with Gasteiger partial charge in [0.15, 0.2) is 5.69 Å². The molecule has 0 saturated heterocycles. The van der Waals surface area contributed by atoms with Crippen LogP contribution in [0.2, 0.25) is 0 Å². The van der Waals surface area contributed by atoms with Crippen LogP contribution in [0.5, 0.6) is 0 Å². The molecule has 0 amide bonds. The maximum atomic E-state index is 11.1. The number of hydrogen-bond acceptors (Lipinski definition) is 4. The molecule has 1 heterocycles. The minimum absolute atomic E-state index is 0.250. The zero-order chi connectivity index (χ0) is 13.9. The van der Waals surface area contributed by atoms with Gasteiger partial charge in [0, 0.05) is 5.56 Å². The minimum atomic E-state index is -0.519. The summed E-state index contributed by atoms with van der Waals surface area (Å²) in [5.74, 6) is -0.250. The predicted octanol–water partition coefficient (Wildman–Crippen LogP) is 2.84. The Morgan fingerprint density at radius 2 is 1.55 bits per heavy atom. The highest BCUT2D eigenvalue weighted by atomic mass is 16.6. The van der Waals surface area contributed by atoms with Crippen LogP contribution in [0.15, 0.2) is 60.7 Å². The molecule has 0 fully saturated rings. The van der Waals surface area contributed by atoms with Gasteiger partial charge in [0.2, 0.25) is 0 Å². The molecule has 0 saturated carbocycles. The number of rotatable bonds is 3. The van der Waals surface area contributed by atoms with Gasteiger partial charge < -0.3 is 10.1 Å². The maximum absolute atomic E-state index is 11.1. The van der Waals surface area contributed by atoms with E-state index in [4.69, 9.17) is 0 Å². The Morgan fingerprint density at radius 1 is 0.950 bits per heavy atom. The normalized spacial score (nSPS) is 10.4. The molecule has 98 valence electrons. The van der Waals surface area contributed by atoms with Gasteiger partial charge in [0.25, 0.3) is 0 Å². The Hall–Kier alpha value is -3.02. The summed E-state index contributed by atoms with van der Waals surface area (Å²) in [4.78, 5) is 10.6. The third-order valence-electron chi connectivity index (χ3n) is 2.87. The van der Waals surface area contributed by atoms with Crippen molar-refractivity contribution in [1.82, 2.24) is 15.0 Å². The third-order valence-corrected chi connectivity index (χ3v) is 2.87. The van der Waals surface area contributed by atoms with Crippen LogP contribution >= 0.6 is 0 Å². The molecule has 20 heavy (non-hydrogen) atoms. The van der Waals surface area contributed by atoms with E-state index in [1.165, 1.54) is 4.68 Å². The molecule has 3 aromatic rings. The Bertz CT molecular complexity index is 738. The van der Waals surface area contributed by atoms with Gasteiger partial charge in [0.05, 0.1) is 10.9 Å². The van der Waals surface area contributed by atoms with Crippen molar-refractivity contribution < 1.29 is 4.92 Å². The minimum Gasteiger partial charge on any atom is -0.358 e. The van der Waals surface area contributed by atoms with Crippen molar-refractivity contribution in [2.24, 2.45) is 0 Å². The quantitative estimate of drug-likeness (QED) is 0.539. The molecule has 2 aromatic carbocycles. The second-order valence-corrected chi connectivity index (χ2v) is 4.13. The van der Waals surface area contributed by atoms with E-state index in [0.29, 0.717) is 11.3 Å². The number of hydrogen-bond donors (Lipinski definition) is 0. The summed E-state index contributed by atoms with van der Waals surface area (Å²) in [5.41, 5.74) is 1.81. The van der Waals surface area contributed by atoms with Crippen molar-refractivity contribution >= 4 is 5.82 Å². The molecule has 0 aliphatic heterocycles. The molecule has 0 bridgehead atoms. The fraction of sp³-hybridized carbons (Fsp3) is 0. The van der Waals surface area contributed by atoms with Crippen molar-refractivity contribution in [3.63, 3.8) is 0 Å². The Balaban J connectivity index is 2.25. The monoisotopic (exact) mass is 266 g/mol. The molecule has 0 radical (unpaired) electrons. The summed E-state index contributed by atoms with van der Waals surface area (Å²) in [6.45, 7) is 0. The van der Waals surface area contributed by atoms with Gasteiger partial charge in [-0.1, -0.05) is 48.5 Å². The lowest BCUT2D eigenvalue weighted by Crippen LogP contribution is -1.99. The summed E-state index contributed by atoms with van der Waals surface area (Å²) >= 11 is 0. The van der Waals surface area contributed by atoms with Gasteiger partial charge in [-0.3, -0.25) is 0 Å². The Labute approximate surface area is 114 Å². The van der Waals surface area contributed by atoms with Crippen LogP contribution in [0.1, 0.15) is 0 Å². The maximum Gasteiger partial charge on any atom is 0.419 e. The molecule has 3 rings (SSSR count). The van der Waals surface area contributed by atoms with E-state index in [0.717, 1.165) is 5.69 Å². The molecule has 0 aliphatic carbocycles. The molecule has 0 spiro atoms. The Morgan fingerprint density at radius 3 is 2.15 bits per heavy atom. The average molecular weight is 266 g/mol. The lowest BCUT2D eigenvalue weighted by molar-refractivity contribution is -0.388. The van der Waals surface area contributed by atoms with Crippen LogP contribution in [-0.2, 0) is 0 Å². The lowest BCUT2D eigenvalue weighted by atomic mass is 10.1. The van der Waals surface area contributed by atoms with Crippen molar-refractivity contribution in [2.45, 2.75) is 0 Å². The molecule has 6 heteroatoms. The van der Waals surface area contributed by atoms with E-state index < -0.39 is 4.92 Å². The summed E-state index contributed by atoms with van der Waals surface area (Å²) < 4.78 is 1.48. The molecule has 0 aliphatic rings. The number of para-hydroxylation sites is 1. The molecule has 6 nitrogen and oxygen atoms in total. The first-order valence-electron chi connectivity index (χ1n) is 5.98.